The first kappa shape index (κ1) is 19.3. The summed E-state index contributed by atoms with van der Waals surface area (Å²) in [7, 11) is 0. The van der Waals surface area contributed by atoms with Crippen LogP contribution in [0.15, 0.2) is 33.4 Å². The van der Waals surface area contributed by atoms with Gasteiger partial charge in [0.2, 0.25) is 5.91 Å². The molecule has 9 nitrogen and oxygen atoms in total. The van der Waals surface area contributed by atoms with Gasteiger partial charge in [0.05, 0.1) is 17.7 Å². The Bertz CT molecular complexity index is 996. The summed E-state index contributed by atoms with van der Waals surface area (Å²) in [6, 6.07) is 4.39. The van der Waals surface area contributed by atoms with Crippen LogP contribution in [-0.2, 0) is 4.79 Å². The summed E-state index contributed by atoms with van der Waals surface area (Å²) in [6.45, 7) is 4.70. The second-order valence-electron chi connectivity index (χ2n) is 7.12. The molecule has 1 aliphatic heterocycles. The number of hydrogen-bond acceptors (Lipinski definition) is 8. The number of piperidine rings is 1. The molecule has 1 aliphatic rings. The van der Waals surface area contributed by atoms with Gasteiger partial charge in [-0.1, -0.05) is 9.64 Å². The Labute approximate surface area is 171 Å². The number of aromatic nitrogens is 3. The standard InChI is InChI=1S/C19H21N5O4S/c1-11-9-15(28-22-11)17-16(21-23-29-17)13-5-3-7-24(10-13)19(26)12(2)20-18(25)14-6-4-8-27-14/h4,6,8-9,12-13H,3,5,7,10H2,1-2H3,(H,20,25). The molecule has 0 aromatic carbocycles. The van der Waals surface area contributed by atoms with Crippen molar-refractivity contribution in [1.29, 1.82) is 0 Å². The van der Waals surface area contributed by atoms with E-state index in [-0.39, 0.29) is 17.6 Å². The van der Waals surface area contributed by atoms with Crippen LogP contribution in [0.3, 0.4) is 0 Å². The van der Waals surface area contributed by atoms with Gasteiger partial charge in [-0.15, -0.1) is 5.10 Å². The highest BCUT2D eigenvalue weighted by Gasteiger charge is 2.32. The Balaban J connectivity index is 1.44. The van der Waals surface area contributed by atoms with Gasteiger partial charge < -0.3 is 19.2 Å². The van der Waals surface area contributed by atoms with Gasteiger partial charge in [-0.2, -0.15) is 0 Å². The van der Waals surface area contributed by atoms with Crippen molar-refractivity contribution >= 4 is 23.3 Å². The molecule has 3 aromatic rings. The number of nitrogens with one attached hydrogen (secondary N) is 1. The van der Waals surface area contributed by atoms with Crippen molar-refractivity contribution < 1.29 is 18.5 Å². The maximum atomic E-state index is 12.9. The first-order valence-electron chi connectivity index (χ1n) is 9.42. The van der Waals surface area contributed by atoms with Gasteiger partial charge in [0.15, 0.2) is 11.5 Å². The van der Waals surface area contributed by atoms with Gasteiger partial charge in [-0.3, -0.25) is 9.59 Å². The molecule has 0 aliphatic carbocycles. The van der Waals surface area contributed by atoms with Crippen LogP contribution >= 0.6 is 11.5 Å². The van der Waals surface area contributed by atoms with E-state index in [0.29, 0.717) is 18.8 Å². The third-order valence-corrected chi connectivity index (χ3v) is 5.70. The fraction of sp³-hybridized carbons (Fsp3) is 0.421. The average Bonchev–Trinajstić information content (AvgIpc) is 3.48. The van der Waals surface area contributed by atoms with E-state index in [2.05, 4.69) is 20.1 Å². The molecule has 29 heavy (non-hydrogen) atoms. The predicted molar refractivity (Wildman–Crippen MR) is 104 cm³/mol. The fourth-order valence-corrected chi connectivity index (χ4v) is 4.22. The lowest BCUT2D eigenvalue weighted by molar-refractivity contribution is -0.134. The lowest BCUT2D eigenvalue weighted by Crippen LogP contribution is -2.49. The zero-order valence-electron chi connectivity index (χ0n) is 16.1. The summed E-state index contributed by atoms with van der Waals surface area (Å²) in [5.41, 5.74) is 1.62. The second-order valence-corrected chi connectivity index (χ2v) is 7.87. The van der Waals surface area contributed by atoms with Crippen LogP contribution in [0.5, 0.6) is 0 Å². The van der Waals surface area contributed by atoms with E-state index in [4.69, 9.17) is 8.94 Å². The molecule has 0 spiro atoms. The van der Waals surface area contributed by atoms with Gasteiger partial charge in [0.1, 0.15) is 10.9 Å². The zero-order valence-corrected chi connectivity index (χ0v) is 16.9. The Morgan fingerprint density at radius 2 is 2.28 bits per heavy atom. The average molecular weight is 415 g/mol. The third kappa shape index (κ3) is 4.07. The van der Waals surface area contributed by atoms with Crippen molar-refractivity contribution in [2.24, 2.45) is 0 Å². The summed E-state index contributed by atoms with van der Waals surface area (Å²) in [6.07, 6.45) is 3.18. The SMILES string of the molecule is Cc1cc(-c2snnc2C2CCCN(C(=O)C(C)NC(=O)c3ccco3)C2)on1. The first-order valence-corrected chi connectivity index (χ1v) is 10.2. The largest absolute Gasteiger partial charge is 0.459 e. The monoisotopic (exact) mass is 415 g/mol. The van der Waals surface area contributed by atoms with Gasteiger partial charge in [0, 0.05) is 25.1 Å². The van der Waals surface area contributed by atoms with Gasteiger partial charge >= 0.3 is 0 Å². The van der Waals surface area contributed by atoms with E-state index in [1.165, 1.54) is 17.8 Å². The molecular weight excluding hydrogens is 394 g/mol. The maximum absolute atomic E-state index is 12.9. The highest BCUT2D eigenvalue weighted by molar-refractivity contribution is 7.09. The quantitative estimate of drug-likeness (QED) is 0.681. The van der Waals surface area contributed by atoms with Crippen LogP contribution < -0.4 is 5.32 Å². The second kappa shape index (κ2) is 8.16. The number of likely N-dealkylation sites (tertiary alicyclic amines) is 1. The van der Waals surface area contributed by atoms with E-state index < -0.39 is 11.9 Å². The number of carbonyl (C=O) groups is 2. The summed E-state index contributed by atoms with van der Waals surface area (Å²) in [4.78, 5) is 27.7. The molecule has 10 heteroatoms. The molecule has 1 N–H and O–H groups in total. The molecule has 0 radical (unpaired) electrons. The van der Waals surface area contributed by atoms with Crippen molar-refractivity contribution in [3.8, 4) is 10.6 Å². The molecule has 2 unspecified atom stereocenters. The van der Waals surface area contributed by atoms with E-state index in [9.17, 15) is 9.59 Å². The molecule has 2 atom stereocenters. The minimum atomic E-state index is -0.656. The first-order chi connectivity index (χ1) is 14.0. The summed E-state index contributed by atoms with van der Waals surface area (Å²) in [5.74, 6) is 0.350. The van der Waals surface area contributed by atoms with Crippen molar-refractivity contribution in [3.05, 3.63) is 41.6 Å². The Hall–Kier alpha value is -3.01. The molecule has 2 amide bonds. The summed E-state index contributed by atoms with van der Waals surface area (Å²) >= 11 is 1.27. The van der Waals surface area contributed by atoms with Crippen LogP contribution in [0.1, 0.15) is 47.6 Å². The van der Waals surface area contributed by atoms with E-state index >= 15 is 0 Å². The molecular formula is C19H21N5O4S. The normalized spacial score (nSPS) is 17.9. The predicted octanol–water partition coefficient (Wildman–Crippen LogP) is 2.62. The Morgan fingerprint density at radius 3 is 3.00 bits per heavy atom. The minimum Gasteiger partial charge on any atom is -0.459 e. The van der Waals surface area contributed by atoms with Crippen molar-refractivity contribution in [1.82, 2.24) is 25.0 Å². The Morgan fingerprint density at radius 1 is 1.41 bits per heavy atom. The number of furan rings is 1. The maximum Gasteiger partial charge on any atom is 0.287 e. The zero-order chi connectivity index (χ0) is 20.4. The molecule has 152 valence electrons. The summed E-state index contributed by atoms with van der Waals surface area (Å²) in [5, 5.41) is 10.9. The van der Waals surface area contributed by atoms with E-state index in [0.717, 1.165) is 29.1 Å². The highest BCUT2D eigenvalue weighted by atomic mass is 32.1. The number of amides is 2. The number of hydrogen-bond donors (Lipinski definition) is 1. The van der Waals surface area contributed by atoms with Crippen LogP contribution in [0.4, 0.5) is 0 Å². The molecule has 0 saturated carbocycles. The van der Waals surface area contributed by atoms with Gasteiger partial charge in [-0.05, 0) is 50.4 Å². The molecule has 3 aromatic heterocycles. The number of rotatable bonds is 5. The molecule has 0 bridgehead atoms. The molecule has 4 rings (SSSR count). The van der Waals surface area contributed by atoms with E-state index in [1.807, 2.05) is 13.0 Å². The van der Waals surface area contributed by atoms with Crippen LogP contribution in [0.2, 0.25) is 0 Å². The molecule has 1 fully saturated rings. The molecule has 4 heterocycles. The highest BCUT2D eigenvalue weighted by Crippen LogP contribution is 2.35. The van der Waals surface area contributed by atoms with Crippen LogP contribution in [0, 0.1) is 6.92 Å². The van der Waals surface area contributed by atoms with Crippen LogP contribution in [0.25, 0.3) is 10.6 Å². The summed E-state index contributed by atoms with van der Waals surface area (Å²) < 4.78 is 14.5. The Kier molecular flexibility index (Phi) is 5.43. The van der Waals surface area contributed by atoms with E-state index in [1.54, 1.807) is 24.0 Å². The third-order valence-electron chi connectivity index (χ3n) is 4.95. The lowest BCUT2D eigenvalue weighted by atomic mass is 9.93. The smallest absolute Gasteiger partial charge is 0.287 e. The number of nitrogens with zero attached hydrogens (tertiary/aromatic N) is 4. The lowest BCUT2D eigenvalue weighted by Gasteiger charge is -2.33. The minimum absolute atomic E-state index is 0.0554. The number of carbonyl (C=O) groups excluding carboxylic acids is 2. The molecule has 1 saturated heterocycles. The van der Waals surface area contributed by atoms with Gasteiger partial charge in [0.25, 0.3) is 5.91 Å². The van der Waals surface area contributed by atoms with Crippen LogP contribution in [-0.4, -0.2) is 50.6 Å². The fourth-order valence-electron chi connectivity index (χ4n) is 3.52. The van der Waals surface area contributed by atoms with Crippen molar-refractivity contribution in [3.63, 3.8) is 0 Å². The van der Waals surface area contributed by atoms with Gasteiger partial charge in [-0.25, -0.2) is 0 Å². The van der Waals surface area contributed by atoms with Crippen molar-refractivity contribution in [2.75, 3.05) is 13.1 Å². The number of aryl methyl sites for hydroxylation is 1. The van der Waals surface area contributed by atoms with Crippen molar-refractivity contribution in [2.45, 2.75) is 38.6 Å². The topological polar surface area (TPSA) is 114 Å².